The van der Waals surface area contributed by atoms with Crippen molar-refractivity contribution in [2.24, 2.45) is 0 Å². The summed E-state index contributed by atoms with van der Waals surface area (Å²) in [6, 6.07) is 3.17. The average Bonchev–Trinajstić information content (AvgIpc) is 2.37. The first kappa shape index (κ1) is 12.0. The average molecular weight is 259 g/mol. The van der Waals surface area contributed by atoms with E-state index in [4.69, 9.17) is 21.1 Å². The van der Waals surface area contributed by atoms with Gasteiger partial charge in [-0.2, -0.15) is 0 Å². The lowest BCUT2D eigenvalue weighted by atomic mass is 10.1. The predicted molar refractivity (Wildman–Crippen MR) is 59.4 cm³/mol. The summed E-state index contributed by atoms with van der Waals surface area (Å²) in [5, 5.41) is 10.1. The zero-order valence-corrected chi connectivity index (χ0v) is 9.86. The summed E-state index contributed by atoms with van der Waals surface area (Å²) in [7, 11) is 1.19. The number of esters is 1. The van der Waals surface area contributed by atoms with Gasteiger partial charge in [-0.25, -0.2) is 4.79 Å². The first-order chi connectivity index (χ1) is 8.15. The molecule has 0 aliphatic carbocycles. The Morgan fingerprint density at radius 1 is 1.47 bits per heavy atom. The molecule has 1 unspecified atom stereocenters. The monoisotopic (exact) mass is 258 g/mol. The number of carbonyl (C=O) groups is 1. The first-order valence-electron chi connectivity index (χ1n) is 4.99. The number of hydrogen-bond acceptors (Lipinski definition) is 5. The fourth-order valence-corrected chi connectivity index (χ4v) is 1.85. The summed E-state index contributed by atoms with van der Waals surface area (Å²) in [6.45, 7) is 0.761. The molecule has 1 atom stereocenters. The van der Waals surface area contributed by atoms with Gasteiger partial charge in [-0.3, -0.25) is 0 Å². The number of ether oxygens (including phenoxy) is 3. The third kappa shape index (κ3) is 2.16. The fraction of sp³-hybridized carbons (Fsp3) is 0.364. The molecule has 0 fully saturated rings. The van der Waals surface area contributed by atoms with Gasteiger partial charge < -0.3 is 19.3 Å². The molecule has 0 saturated heterocycles. The lowest BCUT2D eigenvalue weighted by molar-refractivity contribution is -0.150. The minimum Gasteiger partial charge on any atom is -0.486 e. The zero-order valence-electron chi connectivity index (χ0n) is 9.10. The number of halogens is 1. The molecule has 0 amide bonds. The van der Waals surface area contributed by atoms with Crippen LogP contribution in [-0.4, -0.2) is 31.4 Å². The van der Waals surface area contributed by atoms with Crippen LogP contribution in [-0.2, 0) is 9.53 Å². The van der Waals surface area contributed by atoms with E-state index in [1.807, 2.05) is 0 Å². The van der Waals surface area contributed by atoms with Crippen molar-refractivity contribution >= 4 is 17.6 Å². The second-order valence-corrected chi connectivity index (χ2v) is 3.82. The van der Waals surface area contributed by atoms with Gasteiger partial charge in [-0.15, -0.1) is 0 Å². The lowest BCUT2D eigenvalue weighted by Crippen LogP contribution is -2.20. The van der Waals surface area contributed by atoms with Crippen molar-refractivity contribution < 1.29 is 24.1 Å². The van der Waals surface area contributed by atoms with Gasteiger partial charge in [0, 0.05) is 0 Å². The van der Waals surface area contributed by atoms with Gasteiger partial charge in [-0.05, 0) is 12.1 Å². The van der Waals surface area contributed by atoms with Gasteiger partial charge in [0.05, 0.1) is 17.7 Å². The molecule has 0 radical (unpaired) electrons. The highest BCUT2D eigenvalue weighted by molar-refractivity contribution is 6.32. The Morgan fingerprint density at radius 3 is 2.88 bits per heavy atom. The summed E-state index contributed by atoms with van der Waals surface area (Å²) in [4.78, 5) is 11.3. The van der Waals surface area contributed by atoms with Gasteiger partial charge in [0.25, 0.3) is 0 Å². The minimum atomic E-state index is -1.48. The second kappa shape index (κ2) is 4.81. The molecule has 92 valence electrons. The Kier molecular flexibility index (Phi) is 3.40. The molecule has 1 aromatic carbocycles. The maximum Gasteiger partial charge on any atom is 0.339 e. The highest BCUT2D eigenvalue weighted by atomic mass is 35.5. The van der Waals surface area contributed by atoms with Crippen LogP contribution in [0.4, 0.5) is 0 Å². The SMILES string of the molecule is COC(=O)C(O)c1c(Cl)ccc2c1OCCO2. The highest BCUT2D eigenvalue weighted by Crippen LogP contribution is 2.41. The molecule has 1 N–H and O–H groups in total. The van der Waals surface area contributed by atoms with Crippen molar-refractivity contribution in [3.8, 4) is 11.5 Å². The third-order valence-electron chi connectivity index (χ3n) is 2.39. The van der Waals surface area contributed by atoms with E-state index in [9.17, 15) is 9.90 Å². The van der Waals surface area contributed by atoms with Crippen LogP contribution in [0.1, 0.15) is 11.7 Å². The standard InChI is InChI=1S/C11H11ClO5/c1-15-11(14)9(13)8-6(12)2-3-7-10(8)17-5-4-16-7/h2-3,9,13H,4-5H2,1H3. The zero-order chi connectivity index (χ0) is 12.4. The van der Waals surface area contributed by atoms with E-state index in [-0.39, 0.29) is 10.6 Å². The summed E-state index contributed by atoms with van der Waals surface area (Å²) in [6.07, 6.45) is -1.48. The maximum absolute atomic E-state index is 11.3. The van der Waals surface area contributed by atoms with Gasteiger partial charge in [0.1, 0.15) is 13.2 Å². The van der Waals surface area contributed by atoms with Crippen LogP contribution in [0.2, 0.25) is 5.02 Å². The van der Waals surface area contributed by atoms with Crippen LogP contribution in [0.5, 0.6) is 11.5 Å². The molecule has 1 heterocycles. The Bertz CT molecular complexity index is 446. The maximum atomic E-state index is 11.3. The molecule has 5 nitrogen and oxygen atoms in total. The van der Waals surface area contributed by atoms with E-state index in [1.165, 1.54) is 13.2 Å². The molecule has 6 heteroatoms. The van der Waals surface area contributed by atoms with E-state index in [0.29, 0.717) is 24.7 Å². The van der Waals surface area contributed by atoms with Gasteiger partial charge >= 0.3 is 5.97 Å². The summed E-state index contributed by atoms with van der Waals surface area (Å²) < 4.78 is 15.2. The van der Waals surface area contributed by atoms with E-state index < -0.39 is 12.1 Å². The van der Waals surface area contributed by atoms with Crippen molar-refractivity contribution in [1.82, 2.24) is 0 Å². The van der Waals surface area contributed by atoms with Crippen molar-refractivity contribution in [1.29, 1.82) is 0 Å². The topological polar surface area (TPSA) is 65.0 Å². The summed E-state index contributed by atoms with van der Waals surface area (Å²) in [5.41, 5.74) is 0.177. The summed E-state index contributed by atoms with van der Waals surface area (Å²) in [5.74, 6) is -0.0465. The van der Waals surface area contributed by atoms with Crippen LogP contribution >= 0.6 is 11.6 Å². The Hall–Kier alpha value is -1.46. The van der Waals surface area contributed by atoms with E-state index >= 15 is 0 Å². The van der Waals surface area contributed by atoms with E-state index in [0.717, 1.165) is 0 Å². The normalized spacial score (nSPS) is 15.2. The van der Waals surface area contributed by atoms with Crippen molar-refractivity contribution in [2.45, 2.75) is 6.10 Å². The molecule has 17 heavy (non-hydrogen) atoms. The quantitative estimate of drug-likeness (QED) is 0.811. The van der Waals surface area contributed by atoms with E-state index in [1.54, 1.807) is 6.07 Å². The van der Waals surface area contributed by atoms with Crippen LogP contribution in [0.25, 0.3) is 0 Å². The van der Waals surface area contributed by atoms with Crippen LogP contribution in [0, 0.1) is 0 Å². The number of aliphatic hydroxyl groups is 1. The molecular weight excluding hydrogens is 248 g/mol. The molecule has 0 spiro atoms. The van der Waals surface area contributed by atoms with Crippen LogP contribution < -0.4 is 9.47 Å². The molecule has 1 aromatic rings. The Balaban J connectivity index is 2.48. The molecule has 1 aliphatic heterocycles. The number of rotatable bonds is 2. The number of carbonyl (C=O) groups excluding carboxylic acids is 1. The smallest absolute Gasteiger partial charge is 0.339 e. The number of fused-ring (bicyclic) bond motifs is 1. The van der Waals surface area contributed by atoms with Crippen molar-refractivity contribution in [2.75, 3.05) is 20.3 Å². The Morgan fingerprint density at radius 2 is 2.18 bits per heavy atom. The van der Waals surface area contributed by atoms with Crippen LogP contribution in [0.15, 0.2) is 12.1 Å². The fourth-order valence-electron chi connectivity index (χ4n) is 1.60. The van der Waals surface area contributed by atoms with Gasteiger partial charge in [0.15, 0.2) is 17.6 Å². The molecular formula is C11H11ClO5. The molecule has 0 bridgehead atoms. The number of aliphatic hydroxyl groups excluding tert-OH is 1. The lowest BCUT2D eigenvalue weighted by Gasteiger charge is -2.23. The molecule has 0 saturated carbocycles. The van der Waals surface area contributed by atoms with Crippen LogP contribution in [0.3, 0.4) is 0 Å². The van der Waals surface area contributed by atoms with Gasteiger partial charge in [0.2, 0.25) is 0 Å². The van der Waals surface area contributed by atoms with Crippen molar-refractivity contribution in [3.63, 3.8) is 0 Å². The minimum absolute atomic E-state index is 0.177. The van der Waals surface area contributed by atoms with E-state index in [2.05, 4.69) is 4.74 Å². The number of benzene rings is 1. The summed E-state index contributed by atoms with van der Waals surface area (Å²) >= 11 is 5.95. The second-order valence-electron chi connectivity index (χ2n) is 3.41. The predicted octanol–water partition coefficient (Wildman–Crippen LogP) is 1.32. The van der Waals surface area contributed by atoms with Crippen molar-refractivity contribution in [3.05, 3.63) is 22.7 Å². The van der Waals surface area contributed by atoms with Gasteiger partial charge in [-0.1, -0.05) is 11.6 Å². The number of methoxy groups -OCH3 is 1. The number of hydrogen-bond donors (Lipinski definition) is 1. The Labute approximate surface area is 103 Å². The largest absolute Gasteiger partial charge is 0.486 e. The molecule has 0 aromatic heterocycles. The highest BCUT2D eigenvalue weighted by Gasteiger charge is 2.28. The molecule has 2 rings (SSSR count). The third-order valence-corrected chi connectivity index (χ3v) is 2.72. The molecule has 1 aliphatic rings. The first-order valence-corrected chi connectivity index (χ1v) is 5.37.